The molecule has 0 amide bonds. The molecule has 1 fully saturated rings. The van der Waals surface area contributed by atoms with Gasteiger partial charge in [-0.25, -0.2) is 0 Å². The minimum absolute atomic E-state index is 0.273. The third kappa shape index (κ3) is 1.17. The van der Waals surface area contributed by atoms with Crippen LogP contribution >= 0.6 is 0 Å². The van der Waals surface area contributed by atoms with E-state index >= 15 is 0 Å². The molecule has 1 aliphatic heterocycles. The van der Waals surface area contributed by atoms with Crippen LogP contribution in [0.3, 0.4) is 0 Å². The summed E-state index contributed by atoms with van der Waals surface area (Å²) in [5, 5.41) is 0. The van der Waals surface area contributed by atoms with Gasteiger partial charge in [-0.2, -0.15) is 0 Å². The van der Waals surface area contributed by atoms with Crippen molar-refractivity contribution in [3.63, 3.8) is 0 Å². The van der Waals surface area contributed by atoms with E-state index in [0.717, 1.165) is 11.3 Å². The molecule has 60 valence electrons. The van der Waals surface area contributed by atoms with Crippen molar-refractivity contribution in [2.24, 2.45) is 0 Å². The molecule has 2 rings (SSSR count). The van der Waals surface area contributed by atoms with Crippen molar-refractivity contribution in [2.45, 2.75) is 13.2 Å². The van der Waals surface area contributed by atoms with Crippen LogP contribution in [0.5, 0.6) is 0 Å². The van der Waals surface area contributed by atoms with Crippen LogP contribution in [-0.4, -0.2) is 13.2 Å². The SMILES string of the molecule is Cc1ccoc1C1OCCO1. The number of hydrogen-bond donors (Lipinski definition) is 0. The zero-order valence-corrected chi connectivity index (χ0v) is 6.37. The Bertz CT molecular complexity index is 235. The summed E-state index contributed by atoms with van der Waals surface area (Å²) in [5.41, 5.74) is 1.08. The second kappa shape index (κ2) is 2.68. The maximum Gasteiger partial charge on any atom is 0.217 e. The van der Waals surface area contributed by atoms with Crippen molar-refractivity contribution < 1.29 is 13.9 Å². The van der Waals surface area contributed by atoms with E-state index in [2.05, 4.69) is 0 Å². The van der Waals surface area contributed by atoms with Crippen molar-refractivity contribution in [3.05, 3.63) is 23.7 Å². The van der Waals surface area contributed by atoms with Crippen molar-refractivity contribution >= 4 is 0 Å². The van der Waals surface area contributed by atoms with Crippen LogP contribution in [0.1, 0.15) is 17.6 Å². The molecule has 3 heteroatoms. The Kier molecular flexibility index (Phi) is 1.68. The van der Waals surface area contributed by atoms with Crippen LogP contribution in [0.4, 0.5) is 0 Å². The molecule has 0 saturated carbocycles. The normalized spacial score (nSPS) is 19.4. The van der Waals surface area contributed by atoms with Crippen LogP contribution in [-0.2, 0) is 9.47 Å². The van der Waals surface area contributed by atoms with Gasteiger partial charge in [0.25, 0.3) is 0 Å². The van der Waals surface area contributed by atoms with Crippen molar-refractivity contribution in [3.8, 4) is 0 Å². The van der Waals surface area contributed by atoms with E-state index in [9.17, 15) is 0 Å². The molecule has 0 atom stereocenters. The van der Waals surface area contributed by atoms with Crippen LogP contribution in [0, 0.1) is 6.92 Å². The van der Waals surface area contributed by atoms with E-state index in [1.54, 1.807) is 6.26 Å². The highest BCUT2D eigenvalue weighted by atomic mass is 16.7. The fraction of sp³-hybridized carbons (Fsp3) is 0.500. The van der Waals surface area contributed by atoms with Gasteiger partial charge in [0.2, 0.25) is 6.29 Å². The lowest BCUT2D eigenvalue weighted by molar-refractivity contribution is -0.0593. The second-order valence-electron chi connectivity index (χ2n) is 2.54. The van der Waals surface area contributed by atoms with Crippen LogP contribution in [0.2, 0.25) is 0 Å². The average Bonchev–Trinajstić information content (AvgIpc) is 2.55. The van der Waals surface area contributed by atoms with Gasteiger partial charge in [-0.3, -0.25) is 0 Å². The Labute approximate surface area is 64.9 Å². The van der Waals surface area contributed by atoms with Gasteiger partial charge in [0.05, 0.1) is 19.5 Å². The first-order valence-electron chi connectivity index (χ1n) is 3.65. The highest BCUT2D eigenvalue weighted by Crippen LogP contribution is 2.26. The summed E-state index contributed by atoms with van der Waals surface area (Å²) in [6, 6.07) is 1.90. The first kappa shape index (κ1) is 6.88. The number of aryl methyl sites for hydroxylation is 1. The molecule has 0 unspecified atom stereocenters. The molecule has 2 heterocycles. The molecule has 1 aliphatic rings. The molecular formula is C8H10O3. The van der Waals surface area contributed by atoms with Crippen LogP contribution < -0.4 is 0 Å². The van der Waals surface area contributed by atoms with Gasteiger partial charge in [-0.05, 0) is 18.6 Å². The lowest BCUT2D eigenvalue weighted by Gasteiger charge is -2.05. The molecule has 0 spiro atoms. The fourth-order valence-corrected chi connectivity index (χ4v) is 1.14. The molecule has 0 radical (unpaired) electrons. The van der Waals surface area contributed by atoms with Crippen LogP contribution in [0.15, 0.2) is 16.7 Å². The summed E-state index contributed by atoms with van der Waals surface area (Å²) in [6.07, 6.45) is 1.38. The molecule has 1 aromatic rings. The smallest absolute Gasteiger partial charge is 0.217 e. The maximum atomic E-state index is 5.26. The van der Waals surface area contributed by atoms with Gasteiger partial charge in [0, 0.05) is 0 Å². The number of rotatable bonds is 1. The van der Waals surface area contributed by atoms with E-state index in [1.807, 2.05) is 13.0 Å². The molecule has 0 bridgehead atoms. The van der Waals surface area contributed by atoms with Gasteiger partial charge >= 0.3 is 0 Å². The molecular weight excluding hydrogens is 144 g/mol. The van der Waals surface area contributed by atoms with Gasteiger partial charge in [0.1, 0.15) is 0 Å². The Morgan fingerprint density at radius 3 is 2.64 bits per heavy atom. The highest BCUT2D eigenvalue weighted by Gasteiger charge is 2.22. The first-order chi connectivity index (χ1) is 5.38. The molecule has 0 N–H and O–H groups in total. The summed E-state index contributed by atoms with van der Waals surface area (Å²) in [7, 11) is 0. The van der Waals surface area contributed by atoms with E-state index in [4.69, 9.17) is 13.9 Å². The van der Waals surface area contributed by atoms with E-state index < -0.39 is 0 Å². The third-order valence-electron chi connectivity index (χ3n) is 1.74. The summed E-state index contributed by atoms with van der Waals surface area (Å²) in [4.78, 5) is 0. The summed E-state index contributed by atoms with van der Waals surface area (Å²) < 4.78 is 15.7. The molecule has 0 aromatic carbocycles. The van der Waals surface area contributed by atoms with Gasteiger partial charge in [0.15, 0.2) is 5.76 Å². The highest BCUT2D eigenvalue weighted by molar-refractivity contribution is 5.15. The van der Waals surface area contributed by atoms with E-state index in [1.165, 1.54) is 0 Å². The van der Waals surface area contributed by atoms with Crippen molar-refractivity contribution in [2.75, 3.05) is 13.2 Å². The number of furan rings is 1. The standard InChI is InChI=1S/C8H10O3/c1-6-2-3-9-7(6)8-10-4-5-11-8/h2-3,8H,4-5H2,1H3. The zero-order valence-electron chi connectivity index (χ0n) is 6.37. The second-order valence-corrected chi connectivity index (χ2v) is 2.54. The third-order valence-corrected chi connectivity index (χ3v) is 1.74. The quantitative estimate of drug-likeness (QED) is 0.616. The molecule has 1 saturated heterocycles. The topological polar surface area (TPSA) is 31.6 Å². The van der Waals surface area contributed by atoms with Crippen LogP contribution in [0.25, 0.3) is 0 Å². The average molecular weight is 154 g/mol. The monoisotopic (exact) mass is 154 g/mol. The zero-order chi connectivity index (χ0) is 7.68. The Morgan fingerprint density at radius 1 is 1.36 bits per heavy atom. The molecule has 0 aliphatic carbocycles. The summed E-state index contributed by atoms with van der Waals surface area (Å²) in [6.45, 7) is 3.29. The minimum Gasteiger partial charge on any atom is -0.464 e. The lowest BCUT2D eigenvalue weighted by Crippen LogP contribution is -1.97. The Balaban J connectivity index is 2.21. The largest absolute Gasteiger partial charge is 0.464 e. The van der Waals surface area contributed by atoms with Crippen molar-refractivity contribution in [1.29, 1.82) is 0 Å². The van der Waals surface area contributed by atoms with Gasteiger partial charge in [-0.15, -0.1) is 0 Å². The summed E-state index contributed by atoms with van der Waals surface area (Å²) >= 11 is 0. The van der Waals surface area contributed by atoms with Gasteiger partial charge < -0.3 is 13.9 Å². The molecule has 11 heavy (non-hydrogen) atoms. The Morgan fingerprint density at radius 2 is 2.09 bits per heavy atom. The molecule has 1 aromatic heterocycles. The van der Waals surface area contributed by atoms with E-state index in [0.29, 0.717) is 13.2 Å². The lowest BCUT2D eigenvalue weighted by atomic mass is 10.3. The van der Waals surface area contributed by atoms with Crippen molar-refractivity contribution in [1.82, 2.24) is 0 Å². The number of ether oxygens (including phenoxy) is 2. The van der Waals surface area contributed by atoms with E-state index in [-0.39, 0.29) is 6.29 Å². The predicted molar refractivity (Wildman–Crippen MR) is 38.1 cm³/mol. The molecule has 3 nitrogen and oxygen atoms in total. The predicted octanol–water partition coefficient (Wildman–Crippen LogP) is 1.63. The first-order valence-corrected chi connectivity index (χ1v) is 3.65. The fourth-order valence-electron chi connectivity index (χ4n) is 1.14. The maximum absolute atomic E-state index is 5.26. The minimum atomic E-state index is -0.273. The van der Waals surface area contributed by atoms with Gasteiger partial charge in [-0.1, -0.05) is 0 Å². The Hall–Kier alpha value is -0.800. The summed E-state index contributed by atoms with van der Waals surface area (Å²) in [5.74, 6) is 0.794. The number of hydrogen-bond acceptors (Lipinski definition) is 3.